The number of carbonyl (C=O) groups is 1. The molecule has 2 unspecified atom stereocenters. The maximum absolute atomic E-state index is 10.8. The molecule has 2 aromatic rings. The van der Waals surface area contributed by atoms with Crippen molar-refractivity contribution >= 4 is 5.97 Å². The van der Waals surface area contributed by atoms with Crippen molar-refractivity contribution in [3.8, 4) is 0 Å². The quantitative estimate of drug-likeness (QED) is 0.579. The molecule has 0 spiro atoms. The Morgan fingerprint density at radius 3 is 2.53 bits per heavy atom. The second-order valence-corrected chi connectivity index (χ2v) is 8.28. The molecule has 1 aromatic heterocycles. The first-order valence-electron chi connectivity index (χ1n) is 11.1. The highest BCUT2D eigenvalue weighted by Crippen LogP contribution is 2.26. The maximum atomic E-state index is 10.8. The number of piperazine rings is 1. The van der Waals surface area contributed by atoms with E-state index in [1.165, 1.54) is 5.56 Å². The van der Waals surface area contributed by atoms with Crippen LogP contribution in [0.2, 0.25) is 0 Å². The van der Waals surface area contributed by atoms with Gasteiger partial charge in [-0.2, -0.15) is 15.7 Å². The molecular formula is C23H30N6O3. The summed E-state index contributed by atoms with van der Waals surface area (Å²) in [6.07, 6.45) is 2.81. The number of carboxylic acids is 1. The molecule has 2 fully saturated rings. The summed E-state index contributed by atoms with van der Waals surface area (Å²) in [7, 11) is 0. The summed E-state index contributed by atoms with van der Waals surface area (Å²) >= 11 is 0. The van der Waals surface area contributed by atoms with Crippen molar-refractivity contribution in [3.05, 3.63) is 65.5 Å². The molecule has 2 aliphatic heterocycles. The molecule has 0 saturated carbocycles. The molecule has 2 saturated heterocycles. The summed E-state index contributed by atoms with van der Waals surface area (Å²) in [5.41, 5.74) is 6.41. The van der Waals surface area contributed by atoms with Crippen LogP contribution >= 0.6 is 0 Å². The van der Waals surface area contributed by atoms with Crippen molar-refractivity contribution < 1.29 is 14.7 Å². The number of azo groups is 1. The van der Waals surface area contributed by atoms with E-state index < -0.39 is 5.97 Å². The van der Waals surface area contributed by atoms with Gasteiger partial charge in [0, 0.05) is 38.9 Å². The van der Waals surface area contributed by atoms with Gasteiger partial charge in [0.15, 0.2) is 0 Å². The van der Waals surface area contributed by atoms with E-state index in [-0.39, 0.29) is 18.7 Å². The van der Waals surface area contributed by atoms with Crippen LogP contribution in [0.1, 0.15) is 29.3 Å². The molecule has 0 radical (unpaired) electrons. The number of hydroxylamine groups is 1. The maximum Gasteiger partial charge on any atom is 0.317 e. The van der Waals surface area contributed by atoms with Crippen LogP contribution in [0.15, 0.2) is 58.9 Å². The lowest BCUT2D eigenvalue weighted by atomic mass is 10.0. The zero-order chi connectivity index (χ0) is 22.2. The van der Waals surface area contributed by atoms with Crippen molar-refractivity contribution in [3.63, 3.8) is 0 Å². The number of benzene rings is 1. The van der Waals surface area contributed by atoms with E-state index in [1.54, 1.807) is 6.20 Å². The summed E-state index contributed by atoms with van der Waals surface area (Å²) in [6.45, 7) is 5.37. The molecular weight excluding hydrogens is 408 g/mol. The van der Waals surface area contributed by atoms with Crippen molar-refractivity contribution in [2.24, 2.45) is 10.2 Å². The minimum atomic E-state index is -0.761. The lowest BCUT2D eigenvalue weighted by molar-refractivity contribution is -0.138. The van der Waals surface area contributed by atoms with Crippen molar-refractivity contribution in [2.75, 3.05) is 39.3 Å². The van der Waals surface area contributed by atoms with E-state index in [0.29, 0.717) is 13.1 Å². The predicted molar refractivity (Wildman–Crippen MR) is 119 cm³/mol. The van der Waals surface area contributed by atoms with Gasteiger partial charge in [0.05, 0.1) is 30.9 Å². The predicted octanol–water partition coefficient (Wildman–Crippen LogP) is 2.27. The Kier molecular flexibility index (Phi) is 7.89. The van der Waals surface area contributed by atoms with E-state index >= 15 is 0 Å². The lowest BCUT2D eigenvalue weighted by Gasteiger charge is -2.34. The minimum Gasteiger partial charge on any atom is -0.480 e. The molecule has 2 atom stereocenters. The third-order valence-electron chi connectivity index (χ3n) is 5.86. The van der Waals surface area contributed by atoms with Gasteiger partial charge in [0.25, 0.3) is 0 Å². The van der Waals surface area contributed by atoms with E-state index in [2.05, 4.69) is 49.9 Å². The number of pyridine rings is 1. The van der Waals surface area contributed by atoms with Gasteiger partial charge in [-0.05, 0) is 29.7 Å². The van der Waals surface area contributed by atoms with Crippen LogP contribution < -0.4 is 5.48 Å². The fourth-order valence-electron chi connectivity index (χ4n) is 4.06. The second-order valence-electron chi connectivity index (χ2n) is 8.28. The van der Waals surface area contributed by atoms with Gasteiger partial charge in [-0.3, -0.25) is 24.4 Å². The summed E-state index contributed by atoms with van der Waals surface area (Å²) in [5, 5.41) is 17.4. The molecule has 9 heteroatoms. The number of carboxylic acid groups (broad SMARTS) is 1. The number of hydrogen-bond acceptors (Lipinski definition) is 8. The summed E-state index contributed by atoms with van der Waals surface area (Å²) in [6, 6.07) is 14.4. The molecule has 170 valence electrons. The monoisotopic (exact) mass is 438 g/mol. The molecule has 1 aromatic carbocycles. The normalized spacial score (nSPS) is 22.5. The van der Waals surface area contributed by atoms with Gasteiger partial charge < -0.3 is 5.11 Å². The molecule has 0 amide bonds. The Hall–Kier alpha value is -2.72. The number of nitrogens with one attached hydrogen (secondary N) is 1. The van der Waals surface area contributed by atoms with Crippen LogP contribution in [0.25, 0.3) is 0 Å². The Morgan fingerprint density at radius 2 is 1.81 bits per heavy atom. The third kappa shape index (κ3) is 6.64. The molecule has 3 heterocycles. The SMILES string of the molecule is O=C(O)CN1CCN(CC2CC(c3ccc(CN=NCc4ccccn4)cc3)NO2)CC1. The zero-order valence-electron chi connectivity index (χ0n) is 18.1. The van der Waals surface area contributed by atoms with Crippen LogP contribution in [0.4, 0.5) is 0 Å². The first-order chi connectivity index (χ1) is 15.7. The second kappa shape index (κ2) is 11.2. The van der Waals surface area contributed by atoms with Gasteiger partial charge in [-0.25, -0.2) is 0 Å². The van der Waals surface area contributed by atoms with Crippen LogP contribution in [-0.2, 0) is 22.7 Å². The number of aromatic nitrogens is 1. The average molecular weight is 439 g/mol. The highest BCUT2D eigenvalue weighted by atomic mass is 16.7. The topological polar surface area (TPSA) is 103 Å². The van der Waals surface area contributed by atoms with Gasteiger partial charge in [0.2, 0.25) is 0 Å². The Balaban J connectivity index is 1.18. The van der Waals surface area contributed by atoms with Crippen LogP contribution in [0.5, 0.6) is 0 Å². The van der Waals surface area contributed by atoms with Gasteiger partial charge in [0.1, 0.15) is 6.54 Å². The summed E-state index contributed by atoms with van der Waals surface area (Å²) < 4.78 is 0. The summed E-state index contributed by atoms with van der Waals surface area (Å²) in [4.78, 5) is 25.2. The van der Waals surface area contributed by atoms with Gasteiger partial charge >= 0.3 is 5.97 Å². The highest BCUT2D eigenvalue weighted by Gasteiger charge is 2.29. The first-order valence-corrected chi connectivity index (χ1v) is 11.1. The number of rotatable bonds is 9. The molecule has 2 aliphatic rings. The highest BCUT2D eigenvalue weighted by molar-refractivity contribution is 5.69. The largest absolute Gasteiger partial charge is 0.480 e. The molecule has 9 nitrogen and oxygen atoms in total. The van der Waals surface area contributed by atoms with Gasteiger partial charge in [-0.15, -0.1) is 0 Å². The summed E-state index contributed by atoms with van der Waals surface area (Å²) in [5.74, 6) is -0.761. The van der Waals surface area contributed by atoms with Crippen LogP contribution in [0.3, 0.4) is 0 Å². The van der Waals surface area contributed by atoms with Crippen LogP contribution in [0, 0.1) is 0 Å². The Bertz CT molecular complexity index is 884. The van der Waals surface area contributed by atoms with Crippen LogP contribution in [-0.4, -0.2) is 71.2 Å². The molecule has 2 N–H and O–H groups in total. The van der Waals surface area contributed by atoms with E-state index in [0.717, 1.165) is 50.4 Å². The minimum absolute atomic E-state index is 0.124. The molecule has 0 bridgehead atoms. The fourth-order valence-corrected chi connectivity index (χ4v) is 4.06. The average Bonchev–Trinajstić information content (AvgIpc) is 3.27. The van der Waals surface area contributed by atoms with Crippen molar-refractivity contribution in [1.29, 1.82) is 0 Å². The first kappa shape index (κ1) is 22.5. The third-order valence-corrected chi connectivity index (χ3v) is 5.86. The Morgan fingerprint density at radius 1 is 1.06 bits per heavy atom. The number of nitrogens with zero attached hydrogens (tertiary/aromatic N) is 5. The standard InChI is InChI=1S/C23H30N6O3/c30-23(31)17-29-11-9-28(10-12-29)16-21-13-22(27-32-21)19-6-4-18(5-7-19)14-25-26-15-20-3-1-2-8-24-20/h1-8,21-22,27H,9-17H2,(H,30,31). The Labute approximate surface area is 188 Å². The lowest BCUT2D eigenvalue weighted by Crippen LogP contribution is -2.49. The van der Waals surface area contributed by atoms with Crippen molar-refractivity contribution in [1.82, 2.24) is 20.3 Å². The van der Waals surface area contributed by atoms with Gasteiger partial charge in [-0.1, -0.05) is 30.3 Å². The van der Waals surface area contributed by atoms with E-state index in [9.17, 15) is 4.79 Å². The molecule has 0 aliphatic carbocycles. The smallest absolute Gasteiger partial charge is 0.317 e. The molecule has 32 heavy (non-hydrogen) atoms. The fraction of sp³-hybridized carbons (Fsp3) is 0.478. The zero-order valence-corrected chi connectivity index (χ0v) is 18.1. The van der Waals surface area contributed by atoms with E-state index in [4.69, 9.17) is 9.94 Å². The van der Waals surface area contributed by atoms with Crippen molar-refractivity contribution in [2.45, 2.75) is 31.7 Å². The van der Waals surface area contributed by atoms with E-state index in [1.807, 2.05) is 23.1 Å². The number of hydrogen-bond donors (Lipinski definition) is 2. The number of aliphatic carboxylic acids is 1. The molecule has 4 rings (SSSR count).